The molecule has 8 nitrogen and oxygen atoms in total. The Bertz CT molecular complexity index is 1560. The molecular formula is C34H30N4O4. The lowest BCUT2D eigenvalue weighted by atomic mass is 10.0. The Labute approximate surface area is 244 Å². The van der Waals surface area contributed by atoms with E-state index in [0.29, 0.717) is 22.7 Å². The number of carbonyl (C=O) groups is 2. The van der Waals surface area contributed by atoms with E-state index in [9.17, 15) is 9.59 Å². The molecule has 5 aromatic rings. The van der Waals surface area contributed by atoms with Crippen LogP contribution in [-0.4, -0.2) is 26.2 Å². The highest BCUT2D eigenvalue weighted by molar-refractivity contribution is 6.05. The molecule has 0 heterocycles. The topological polar surface area (TPSA) is 101 Å². The monoisotopic (exact) mass is 558 g/mol. The zero-order chi connectivity index (χ0) is 29.3. The normalized spacial score (nSPS) is 10.3. The van der Waals surface area contributed by atoms with Crippen LogP contribution in [0.4, 0.5) is 45.5 Å². The summed E-state index contributed by atoms with van der Waals surface area (Å²) in [7, 11) is 2.63. The first-order chi connectivity index (χ1) is 20.6. The molecular weight excluding hydrogens is 528 g/mol. The minimum absolute atomic E-state index is 0.232. The van der Waals surface area contributed by atoms with Crippen LogP contribution < -0.4 is 21.3 Å². The molecule has 0 spiro atoms. The maximum atomic E-state index is 13.0. The maximum Gasteiger partial charge on any atom is 0.340 e. The van der Waals surface area contributed by atoms with Crippen molar-refractivity contribution >= 4 is 57.4 Å². The number of ether oxygens (including phenoxy) is 2. The number of hydrogen-bond acceptors (Lipinski definition) is 8. The van der Waals surface area contributed by atoms with Crippen LogP contribution >= 0.6 is 0 Å². The van der Waals surface area contributed by atoms with Crippen molar-refractivity contribution in [3.63, 3.8) is 0 Å². The van der Waals surface area contributed by atoms with E-state index in [1.165, 1.54) is 14.2 Å². The van der Waals surface area contributed by atoms with E-state index < -0.39 is 11.9 Å². The van der Waals surface area contributed by atoms with Gasteiger partial charge in [-0.15, -0.1) is 0 Å². The fourth-order valence-electron chi connectivity index (χ4n) is 4.41. The third-order valence-electron chi connectivity index (χ3n) is 6.47. The van der Waals surface area contributed by atoms with Crippen molar-refractivity contribution in [3.05, 3.63) is 132 Å². The Morgan fingerprint density at radius 2 is 0.738 bits per heavy atom. The highest BCUT2D eigenvalue weighted by Crippen LogP contribution is 2.36. The van der Waals surface area contributed by atoms with Crippen LogP contribution in [0.5, 0.6) is 0 Å². The second-order valence-corrected chi connectivity index (χ2v) is 9.25. The summed E-state index contributed by atoms with van der Waals surface area (Å²) in [5.41, 5.74) is 5.98. The minimum atomic E-state index is -0.568. The molecule has 0 amide bonds. The van der Waals surface area contributed by atoms with Gasteiger partial charge in [0, 0.05) is 11.4 Å². The van der Waals surface area contributed by atoms with Gasteiger partial charge in [0.25, 0.3) is 0 Å². The van der Waals surface area contributed by atoms with Crippen LogP contribution in [0, 0.1) is 0 Å². The fraction of sp³-hybridized carbons (Fsp3) is 0.0588. The molecule has 0 aliphatic carbocycles. The van der Waals surface area contributed by atoms with Gasteiger partial charge < -0.3 is 30.7 Å². The van der Waals surface area contributed by atoms with Crippen molar-refractivity contribution < 1.29 is 19.1 Å². The van der Waals surface area contributed by atoms with Crippen molar-refractivity contribution in [2.45, 2.75) is 0 Å². The maximum absolute atomic E-state index is 13.0. The van der Waals surface area contributed by atoms with Gasteiger partial charge in [0.1, 0.15) is 0 Å². The van der Waals surface area contributed by atoms with Crippen molar-refractivity contribution in [1.29, 1.82) is 0 Å². The predicted molar refractivity (Wildman–Crippen MR) is 168 cm³/mol. The van der Waals surface area contributed by atoms with E-state index in [1.54, 1.807) is 12.1 Å². The Kier molecular flexibility index (Phi) is 8.64. The van der Waals surface area contributed by atoms with Crippen LogP contribution in [-0.2, 0) is 9.47 Å². The third kappa shape index (κ3) is 6.51. The van der Waals surface area contributed by atoms with Gasteiger partial charge in [0.15, 0.2) is 0 Å². The lowest BCUT2D eigenvalue weighted by Gasteiger charge is -2.20. The van der Waals surface area contributed by atoms with Crippen molar-refractivity contribution in [3.8, 4) is 0 Å². The van der Waals surface area contributed by atoms with Gasteiger partial charge in [-0.25, -0.2) is 9.59 Å². The molecule has 0 aromatic heterocycles. The van der Waals surface area contributed by atoms with Gasteiger partial charge in [-0.3, -0.25) is 0 Å². The van der Waals surface area contributed by atoms with Gasteiger partial charge in [-0.05, 0) is 60.7 Å². The van der Waals surface area contributed by atoms with Crippen LogP contribution in [0.3, 0.4) is 0 Å². The highest BCUT2D eigenvalue weighted by Gasteiger charge is 2.22. The molecule has 0 bridgehead atoms. The van der Waals surface area contributed by atoms with Gasteiger partial charge in [0.2, 0.25) is 0 Å². The smallest absolute Gasteiger partial charge is 0.340 e. The molecule has 42 heavy (non-hydrogen) atoms. The Morgan fingerprint density at radius 3 is 1.07 bits per heavy atom. The van der Waals surface area contributed by atoms with E-state index in [-0.39, 0.29) is 11.1 Å². The number of para-hydroxylation sites is 6. The number of nitrogens with one attached hydrogen (secondary N) is 4. The predicted octanol–water partition coefficient (Wildman–Crippen LogP) is 8.23. The minimum Gasteiger partial charge on any atom is -0.465 e. The molecule has 0 saturated heterocycles. The number of esters is 2. The summed E-state index contributed by atoms with van der Waals surface area (Å²) in [5, 5.41) is 13.4. The van der Waals surface area contributed by atoms with E-state index in [0.717, 1.165) is 22.7 Å². The van der Waals surface area contributed by atoms with Crippen LogP contribution in [0.2, 0.25) is 0 Å². The number of anilines is 8. The first kappa shape index (κ1) is 27.8. The van der Waals surface area contributed by atoms with Crippen molar-refractivity contribution in [2.75, 3.05) is 35.5 Å². The summed E-state index contributed by atoms with van der Waals surface area (Å²) >= 11 is 0. The quantitative estimate of drug-likeness (QED) is 0.127. The van der Waals surface area contributed by atoms with Gasteiger partial charge in [0.05, 0.1) is 59.5 Å². The number of methoxy groups -OCH3 is 2. The summed E-state index contributed by atoms with van der Waals surface area (Å²) in [6, 6.07) is 37.8. The summed E-state index contributed by atoms with van der Waals surface area (Å²) in [4.78, 5) is 26.1. The molecule has 0 saturated carbocycles. The van der Waals surface area contributed by atoms with Crippen LogP contribution in [0.15, 0.2) is 121 Å². The molecule has 0 atom stereocenters. The second kappa shape index (κ2) is 13.1. The molecule has 5 rings (SSSR count). The number of rotatable bonds is 10. The summed E-state index contributed by atoms with van der Waals surface area (Å²) in [6.07, 6.45) is 0. The molecule has 8 heteroatoms. The first-order valence-corrected chi connectivity index (χ1v) is 13.3. The standard InChI is InChI=1S/C34H30N4O4/c1-41-33(39)25-21-32(38-30-20-12-10-18-28(30)36-24-15-7-4-8-16-24)26(34(40)42-2)22-31(25)37-29-19-11-9-17-27(29)35-23-13-5-3-6-14-23/h3-22,35-38H,1-2H3. The van der Waals surface area contributed by atoms with Gasteiger partial charge in [-0.2, -0.15) is 0 Å². The highest BCUT2D eigenvalue weighted by atomic mass is 16.5. The molecule has 0 aliphatic heterocycles. The number of benzene rings is 5. The molecule has 5 aromatic carbocycles. The lowest BCUT2D eigenvalue weighted by Crippen LogP contribution is -2.12. The SMILES string of the molecule is COC(=O)c1cc(Nc2ccccc2Nc2ccccc2)c(C(=O)OC)cc1Nc1ccccc1Nc1ccccc1. The lowest BCUT2D eigenvalue weighted by molar-refractivity contribution is 0.0588. The molecule has 0 radical (unpaired) electrons. The van der Waals surface area contributed by atoms with E-state index in [4.69, 9.17) is 9.47 Å². The summed E-state index contributed by atoms with van der Waals surface area (Å²) in [6.45, 7) is 0. The second-order valence-electron chi connectivity index (χ2n) is 9.25. The van der Waals surface area contributed by atoms with Crippen molar-refractivity contribution in [1.82, 2.24) is 0 Å². The average molecular weight is 559 g/mol. The third-order valence-corrected chi connectivity index (χ3v) is 6.47. The van der Waals surface area contributed by atoms with Gasteiger partial charge in [-0.1, -0.05) is 60.7 Å². The molecule has 0 unspecified atom stereocenters. The van der Waals surface area contributed by atoms with E-state index in [1.807, 2.05) is 109 Å². The van der Waals surface area contributed by atoms with Gasteiger partial charge >= 0.3 is 11.9 Å². The molecule has 0 fully saturated rings. The van der Waals surface area contributed by atoms with Crippen LogP contribution in [0.25, 0.3) is 0 Å². The zero-order valence-electron chi connectivity index (χ0n) is 23.2. The van der Waals surface area contributed by atoms with E-state index >= 15 is 0 Å². The van der Waals surface area contributed by atoms with Crippen molar-refractivity contribution in [2.24, 2.45) is 0 Å². The average Bonchev–Trinajstić information content (AvgIpc) is 3.03. The Morgan fingerprint density at radius 1 is 0.429 bits per heavy atom. The molecule has 0 aliphatic rings. The number of carbonyl (C=O) groups excluding carboxylic acids is 2. The van der Waals surface area contributed by atoms with Crippen LogP contribution in [0.1, 0.15) is 20.7 Å². The number of hydrogen-bond donors (Lipinski definition) is 4. The summed E-state index contributed by atoms with van der Waals surface area (Å²) < 4.78 is 10.2. The molecule has 4 N–H and O–H groups in total. The first-order valence-electron chi connectivity index (χ1n) is 13.3. The molecule has 210 valence electrons. The summed E-state index contributed by atoms with van der Waals surface area (Å²) in [5.74, 6) is -1.14. The fourth-order valence-corrected chi connectivity index (χ4v) is 4.41. The Balaban J connectivity index is 1.54. The largest absolute Gasteiger partial charge is 0.465 e. The Hall–Kier alpha value is -5.76. The van der Waals surface area contributed by atoms with E-state index in [2.05, 4.69) is 21.3 Å². The zero-order valence-corrected chi connectivity index (χ0v) is 23.2.